The molecule has 2 unspecified atom stereocenters. The third-order valence-electron chi connectivity index (χ3n) is 4.26. The molecule has 2 rings (SSSR count). The molecule has 0 amide bonds. The van der Waals surface area contributed by atoms with Crippen molar-refractivity contribution in [2.75, 3.05) is 12.8 Å². The monoisotopic (exact) mass is 312 g/mol. The summed E-state index contributed by atoms with van der Waals surface area (Å²) in [5.74, 6) is 0.681. The molecular formula is C15H24N2O3S. The molecule has 0 spiro atoms. The average Bonchev–Trinajstić information content (AvgIpc) is 2.43. The van der Waals surface area contributed by atoms with Gasteiger partial charge >= 0.3 is 0 Å². The average molecular weight is 312 g/mol. The molecule has 1 aliphatic rings. The number of methoxy groups -OCH3 is 1. The second-order valence-electron chi connectivity index (χ2n) is 5.85. The normalized spacial score (nSPS) is 23.0. The van der Waals surface area contributed by atoms with E-state index in [2.05, 4.69) is 11.6 Å². The minimum absolute atomic E-state index is 0.0176. The van der Waals surface area contributed by atoms with Gasteiger partial charge in [-0.1, -0.05) is 19.8 Å². The fourth-order valence-electron chi connectivity index (χ4n) is 2.80. The zero-order chi connectivity index (χ0) is 15.6. The highest BCUT2D eigenvalue weighted by Crippen LogP contribution is 2.31. The van der Waals surface area contributed by atoms with Gasteiger partial charge in [0, 0.05) is 11.7 Å². The van der Waals surface area contributed by atoms with E-state index in [1.165, 1.54) is 19.6 Å². The summed E-state index contributed by atoms with van der Waals surface area (Å²) in [6.45, 7) is 3.91. The summed E-state index contributed by atoms with van der Waals surface area (Å²) in [6.07, 6.45) is 4.16. The zero-order valence-corrected chi connectivity index (χ0v) is 13.7. The molecule has 0 aromatic heterocycles. The van der Waals surface area contributed by atoms with Crippen molar-refractivity contribution < 1.29 is 13.2 Å². The van der Waals surface area contributed by atoms with Crippen LogP contribution in [0.1, 0.15) is 38.2 Å². The second kappa shape index (κ2) is 6.23. The van der Waals surface area contributed by atoms with E-state index in [0.717, 1.165) is 24.8 Å². The standard InChI is InChI=1S/C15H24N2O3S/c1-10-6-4-5-7-13(10)17-21(18,19)15-9-12(16)11(2)8-14(15)20-3/h8-10,13,17H,4-7,16H2,1-3H3. The first-order valence-electron chi connectivity index (χ1n) is 7.31. The van der Waals surface area contributed by atoms with Gasteiger partial charge in [-0.05, 0) is 43.4 Å². The SMILES string of the molecule is COc1cc(C)c(N)cc1S(=O)(=O)NC1CCCCC1C. The number of sulfonamides is 1. The first-order chi connectivity index (χ1) is 9.85. The third-order valence-corrected chi connectivity index (χ3v) is 5.77. The van der Waals surface area contributed by atoms with Crippen molar-refractivity contribution in [3.8, 4) is 5.75 Å². The Kier molecular flexibility index (Phi) is 4.78. The van der Waals surface area contributed by atoms with E-state index in [1.54, 1.807) is 6.07 Å². The van der Waals surface area contributed by atoms with E-state index in [0.29, 0.717) is 17.4 Å². The fraction of sp³-hybridized carbons (Fsp3) is 0.600. The van der Waals surface area contributed by atoms with Gasteiger partial charge in [0.1, 0.15) is 10.6 Å². The van der Waals surface area contributed by atoms with Crippen molar-refractivity contribution in [1.82, 2.24) is 4.72 Å². The molecule has 2 atom stereocenters. The van der Waals surface area contributed by atoms with Crippen LogP contribution in [-0.4, -0.2) is 21.6 Å². The third kappa shape index (κ3) is 3.49. The quantitative estimate of drug-likeness (QED) is 0.837. The molecule has 0 heterocycles. The largest absolute Gasteiger partial charge is 0.495 e. The fourth-order valence-corrected chi connectivity index (χ4v) is 4.37. The summed E-state index contributed by atoms with van der Waals surface area (Å²) in [5.41, 5.74) is 7.11. The summed E-state index contributed by atoms with van der Waals surface area (Å²) < 4.78 is 33.3. The van der Waals surface area contributed by atoms with Crippen molar-refractivity contribution in [3.63, 3.8) is 0 Å². The van der Waals surface area contributed by atoms with Crippen molar-refractivity contribution in [3.05, 3.63) is 17.7 Å². The number of hydrogen-bond donors (Lipinski definition) is 2. The molecular weight excluding hydrogens is 288 g/mol. The molecule has 21 heavy (non-hydrogen) atoms. The van der Waals surface area contributed by atoms with Crippen LogP contribution < -0.4 is 15.2 Å². The highest BCUT2D eigenvalue weighted by molar-refractivity contribution is 7.89. The van der Waals surface area contributed by atoms with E-state index in [9.17, 15) is 8.42 Å². The zero-order valence-electron chi connectivity index (χ0n) is 12.8. The van der Waals surface area contributed by atoms with Crippen LogP contribution in [-0.2, 0) is 10.0 Å². The van der Waals surface area contributed by atoms with Crippen LogP contribution in [0.15, 0.2) is 17.0 Å². The topological polar surface area (TPSA) is 81.4 Å². The van der Waals surface area contributed by atoms with Crippen molar-refractivity contribution >= 4 is 15.7 Å². The molecule has 118 valence electrons. The van der Waals surface area contributed by atoms with Gasteiger partial charge in [0.15, 0.2) is 0 Å². The summed E-state index contributed by atoms with van der Waals surface area (Å²) in [4.78, 5) is 0.117. The molecule has 1 aromatic carbocycles. The lowest BCUT2D eigenvalue weighted by molar-refractivity contribution is 0.310. The van der Waals surface area contributed by atoms with Crippen LogP contribution in [0.25, 0.3) is 0 Å². The molecule has 1 aliphatic carbocycles. The predicted molar refractivity (Wildman–Crippen MR) is 83.9 cm³/mol. The number of nitrogen functional groups attached to an aromatic ring is 1. The van der Waals surface area contributed by atoms with E-state index in [-0.39, 0.29) is 10.9 Å². The number of benzene rings is 1. The molecule has 5 nitrogen and oxygen atoms in total. The lowest BCUT2D eigenvalue weighted by atomic mass is 9.87. The van der Waals surface area contributed by atoms with E-state index < -0.39 is 10.0 Å². The van der Waals surface area contributed by atoms with Crippen LogP contribution in [0.4, 0.5) is 5.69 Å². The van der Waals surface area contributed by atoms with Crippen LogP contribution >= 0.6 is 0 Å². The van der Waals surface area contributed by atoms with Gasteiger partial charge in [0.2, 0.25) is 10.0 Å². The number of nitrogens with two attached hydrogens (primary N) is 1. The van der Waals surface area contributed by atoms with E-state index in [4.69, 9.17) is 10.5 Å². The summed E-state index contributed by atoms with van der Waals surface area (Å²) in [5, 5.41) is 0. The van der Waals surface area contributed by atoms with Crippen LogP contribution in [0.5, 0.6) is 5.75 Å². The Morgan fingerprint density at radius 2 is 1.95 bits per heavy atom. The van der Waals surface area contributed by atoms with Gasteiger partial charge in [0.25, 0.3) is 0 Å². The maximum atomic E-state index is 12.6. The Labute approximate surface area is 126 Å². The van der Waals surface area contributed by atoms with E-state index in [1.807, 2.05) is 6.92 Å². The predicted octanol–water partition coefficient (Wildman–Crippen LogP) is 2.44. The maximum Gasteiger partial charge on any atom is 0.244 e. The van der Waals surface area contributed by atoms with Gasteiger partial charge in [-0.2, -0.15) is 0 Å². The van der Waals surface area contributed by atoms with Gasteiger partial charge in [-0.25, -0.2) is 13.1 Å². The molecule has 0 bridgehead atoms. The first kappa shape index (κ1) is 16.1. The Morgan fingerprint density at radius 3 is 2.57 bits per heavy atom. The summed E-state index contributed by atoms with van der Waals surface area (Å²) in [6, 6.07) is 3.12. The van der Waals surface area contributed by atoms with Gasteiger partial charge in [0.05, 0.1) is 7.11 Å². The Bertz CT molecular complexity index is 614. The minimum atomic E-state index is -3.63. The summed E-state index contributed by atoms with van der Waals surface area (Å²) in [7, 11) is -2.16. The van der Waals surface area contributed by atoms with Gasteiger partial charge in [-0.3, -0.25) is 0 Å². The molecule has 1 aromatic rings. The lowest BCUT2D eigenvalue weighted by Crippen LogP contribution is -2.41. The lowest BCUT2D eigenvalue weighted by Gasteiger charge is -2.29. The molecule has 0 aliphatic heterocycles. The van der Waals surface area contributed by atoms with Crippen molar-refractivity contribution in [2.45, 2.75) is 50.5 Å². The van der Waals surface area contributed by atoms with Crippen LogP contribution in [0, 0.1) is 12.8 Å². The summed E-state index contributed by atoms with van der Waals surface area (Å²) >= 11 is 0. The number of anilines is 1. The molecule has 1 fully saturated rings. The van der Waals surface area contributed by atoms with Crippen molar-refractivity contribution in [1.29, 1.82) is 0 Å². The van der Waals surface area contributed by atoms with Gasteiger partial charge < -0.3 is 10.5 Å². The Hall–Kier alpha value is -1.27. The number of ether oxygens (including phenoxy) is 1. The van der Waals surface area contributed by atoms with Gasteiger partial charge in [-0.15, -0.1) is 0 Å². The van der Waals surface area contributed by atoms with Crippen LogP contribution in [0.2, 0.25) is 0 Å². The number of hydrogen-bond acceptors (Lipinski definition) is 4. The minimum Gasteiger partial charge on any atom is -0.495 e. The molecule has 6 heteroatoms. The molecule has 0 radical (unpaired) electrons. The highest BCUT2D eigenvalue weighted by Gasteiger charge is 2.28. The first-order valence-corrected chi connectivity index (χ1v) is 8.80. The van der Waals surface area contributed by atoms with Crippen molar-refractivity contribution in [2.24, 2.45) is 5.92 Å². The van der Waals surface area contributed by atoms with E-state index >= 15 is 0 Å². The number of nitrogens with one attached hydrogen (secondary N) is 1. The number of rotatable bonds is 4. The molecule has 3 N–H and O–H groups in total. The Balaban J connectivity index is 2.33. The second-order valence-corrected chi connectivity index (χ2v) is 7.53. The highest BCUT2D eigenvalue weighted by atomic mass is 32.2. The molecule has 0 saturated heterocycles. The number of aryl methyl sites for hydroxylation is 1. The maximum absolute atomic E-state index is 12.6. The molecule has 1 saturated carbocycles. The van der Waals surface area contributed by atoms with Crippen LogP contribution in [0.3, 0.4) is 0 Å². The Morgan fingerprint density at radius 1 is 1.29 bits per heavy atom. The smallest absolute Gasteiger partial charge is 0.244 e.